The van der Waals surface area contributed by atoms with E-state index >= 15 is 0 Å². The second-order valence-corrected chi connectivity index (χ2v) is 6.55. The molecule has 1 amide bonds. The van der Waals surface area contributed by atoms with Gasteiger partial charge in [-0.1, -0.05) is 32.0 Å². The van der Waals surface area contributed by atoms with E-state index in [1.807, 2.05) is 18.2 Å². The topological polar surface area (TPSA) is 29.1 Å². The Bertz CT molecular complexity index is 696. The van der Waals surface area contributed by atoms with Gasteiger partial charge in [-0.25, -0.2) is 8.78 Å². The van der Waals surface area contributed by atoms with Crippen molar-refractivity contribution in [2.45, 2.75) is 38.0 Å². The van der Waals surface area contributed by atoms with E-state index < -0.39 is 11.6 Å². The van der Waals surface area contributed by atoms with Crippen LogP contribution in [0.15, 0.2) is 41.3 Å². The van der Waals surface area contributed by atoms with Gasteiger partial charge in [0, 0.05) is 22.8 Å². The van der Waals surface area contributed by atoms with Crippen LogP contribution in [0.3, 0.4) is 0 Å². The fourth-order valence-corrected chi connectivity index (χ4v) is 3.31. The van der Waals surface area contributed by atoms with Gasteiger partial charge in [0.2, 0.25) is 5.91 Å². The van der Waals surface area contributed by atoms with E-state index in [4.69, 9.17) is 0 Å². The second kappa shape index (κ2) is 8.83. The molecule has 2 aromatic rings. The number of para-hydroxylation sites is 1. The van der Waals surface area contributed by atoms with Crippen molar-refractivity contribution in [3.05, 3.63) is 59.2 Å². The van der Waals surface area contributed by atoms with Crippen LogP contribution in [0.2, 0.25) is 0 Å². The Kier molecular flexibility index (Phi) is 6.79. The van der Waals surface area contributed by atoms with Gasteiger partial charge in [0.1, 0.15) is 0 Å². The molecule has 0 aromatic heterocycles. The molecule has 0 aliphatic heterocycles. The Morgan fingerprint density at radius 2 is 1.71 bits per heavy atom. The summed E-state index contributed by atoms with van der Waals surface area (Å²) in [5.74, 6) is -1.29. The van der Waals surface area contributed by atoms with Crippen LogP contribution in [0.5, 0.6) is 0 Å². The Labute approximate surface area is 145 Å². The fourth-order valence-electron chi connectivity index (χ4n) is 2.43. The van der Waals surface area contributed by atoms with E-state index in [-0.39, 0.29) is 5.91 Å². The molecular formula is C19H21F2NOS. The highest BCUT2D eigenvalue weighted by atomic mass is 32.2. The number of anilines is 1. The Morgan fingerprint density at radius 3 is 2.29 bits per heavy atom. The summed E-state index contributed by atoms with van der Waals surface area (Å²) in [4.78, 5) is 12.8. The summed E-state index contributed by atoms with van der Waals surface area (Å²) in [6, 6.07) is 9.81. The quantitative estimate of drug-likeness (QED) is 0.695. The first kappa shape index (κ1) is 18.5. The molecule has 2 rings (SSSR count). The Morgan fingerprint density at radius 1 is 1.04 bits per heavy atom. The summed E-state index contributed by atoms with van der Waals surface area (Å²) in [5, 5.41) is 3.00. The lowest BCUT2D eigenvalue weighted by atomic mass is 10.0. The lowest BCUT2D eigenvalue weighted by Gasteiger charge is -2.14. The van der Waals surface area contributed by atoms with Gasteiger partial charge in [0.25, 0.3) is 0 Å². The first-order chi connectivity index (χ1) is 11.5. The molecule has 0 bridgehead atoms. The number of halogens is 2. The SMILES string of the molecule is CCc1cccc(CC)c1NC(=O)CCSc1ccc(F)c(F)c1. The minimum Gasteiger partial charge on any atom is -0.326 e. The van der Waals surface area contributed by atoms with Gasteiger partial charge >= 0.3 is 0 Å². The molecule has 0 saturated carbocycles. The zero-order chi connectivity index (χ0) is 17.5. The van der Waals surface area contributed by atoms with Gasteiger partial charge in [-0.2, -0.15) is 0 Å². The molecule has 0 atom stereocenters. The van der Waals surface area contributed by atoms with E-state index in [1.54, 1.807) is 0 Å². The molecule has 0 aliphatic rings. The smallest absolute Gasteiger partial charge is 0.225 e. The summed E-state index contributed by atoms with van der Waals surface area (Å²) in [7, 11) is 0. The minimum atomic E-state index is -0.867. The molecule has 2 aromatic carbocycles. The molecule has 5 heteroatoms. The van der Waals surface area contributed by atoms with Crippen molar-refractivity contribution in [1.82, 2.24) is 0 Å². The van der Waals surface area contributed by atoms with Crippen LogP contribution in [-0.4, -0.2) is 11.7 Å². The number of nitrogens with one attached hydrogen (secondary N) is 1. The summed E-state index contributed by atoms with van der Waals surface area (Å²) in [6.45, 7) is 4.12. The van der Waals surface area contributed by atoms with Gasteiger partial charge in [0.05, 0.1) is 0 Å². The lowest BCUT2D eigenvalue weighted by molar-refractivity contribution is -0.115. The number of hydrogen-bond acceptors (Lipinski definition) is 2. The van der Waals surface area contributed by atoms with Crippen molar-refractivity contribution < 1.29 is 13.6 Å². The predicted octanol–water partition coefficient (Wildman–Crippen LogP) is 5.21. The standard InChI is InChI=1S/C19H21F2NOS/c1-3-13-6-5-7-14(4-2)19(13)22-18(23)10-11-24-15-8-9-16(20)17(21)12-15/h5-9,12H,3-4,10-11H2,1-2H3,(H,22,23). The zero-order valence-electron chi connectivity index (χ0n) is 13.9. The van der Waals surface area contributed by atoms with Gasteiger partial charge in [0.15, 0.2) is 11.6 Å². The molecule has 24 heavy (non-hydrogen) atoms. The summed E-state index contributed by atoms with van der Waals surface area (Å²) < 4.78 is 26.0. The van der Waals surface area contributed by atoms with Crippen LogP contribution < -0.4 is 5.32 Å². The number of benzene rings is 2. The highest BCUT2D eigenvalue weighted by molar-refractivity contribution is 7.99. The van der Waals surface area contributed by atoms with E-state index in [1.165, 1.54) is 17.8 Å². The molecule has 0 heterocycles. The number of thioether (sulfide) groups is 1. The Hall–Kier alpha value is -1.88. The van der Waals surface area contributed by atoms with Crippen molar-refractivity contribution in [3.63, 3.8) is 0 Å². The van der Waals surface area contributed by atoms with E-state index in [0.29, 0.717) is 17.1 Å². The largest absolute Gasteiger partial charge is 0.326 e. The summed E-state index contributed by atoms with van der Waals surface area (Å²) in [6.07, 6.45) is 2.02. The van der Waals surface area contributed by atoms with Crippen LogP contribution in [0.1, 0.15) is 31.4 Å². The molecule has 0 spiro atoms. The maximum absolute atomic E-state index is 13.2. The zero-order valence-corrected chi connectivity index (χ0v) is 14.7. The molecule has 128 valence electrons. The predicted molar refractivity (Wildman–Crippen MR) is 95.5 cm³/mol. The second-order valence-electron chi connectivity index (χ2n) is 5.38. The number of rotatable bonds is 7. The van der Waals surface area contributed by atoms with Crippen molar-refractivity contribution in [1.29, 1.82) is 0 Å². The molecule has 1 N–H and O–H groups in total. The van der Waals surface area contributed by atoms with Crippen LogP contribution in [-0.2, 0) is 17.6 Å². The highest BCUT2D eigenvalue weighted by Crippen LogP contribution is 2.24. The highest BCUT2D eigenvalue weighted by Gasteiger charge is 2.10. The van der Waals surface area contributed by atoms with Crippen molar-refractivity contribution in [3.8, 4) is 0 Å². The first-order valence-corrected chi connectivity index (χ1v) is 9.02. The van der Waals surface area contributed by atoms with E-state index in [2.05, 4.69) is 19.2 Å². The average molecular weight is 349 g/mol. The monoisotopic (exact) mass is 349 g/mol. The van der Waals surface area contributed by atoms with Gasteiger partial charge in [-0.05, 0) is 42.2 Å². The third-order valence-corrected chi connectivity index (χ3v) is 4.75. The van der Waals surface area contributed by atoms with Crippen molar-refractivity contribution >= 4 is 23.4 Å². The maximum atomic E-state index is 13.2. The summed E-state index contributed by atoms with van der Waals surface area (Å²) in [5.41, 5.74) is 3.15. The summed E-state index contributed by atoms with van der Waals surface area (Å²) >= 11 is 1.33. The number of carbonyl (C=O) groups is 1. The van der Waals surface area contributed by atoms with Gasteiger partial charge in [-0.3, -0.25) is 4.79 Å². The Balaban J connectivity index is 1.93. The molecule has 0 unspecified atom stereocenters. The van der Waals surface area contributed by atoms with Crippen LogP contribution in [0.4, 0.5) is 14.5 Å². The molecular weight excluding hydrogens is 328 g/mol. The number of carbonyl (C=O) groups excluding carboxylic acids is 1. The van der Waals surface area contributed by atoms with Gasteiger partial charge < -0.3 is 5.32 Å². The molecule has 0 fully saturated rings. The van der Waals surface area contributed by atoms with Crippen LogP contribution in [0.25, 0.3) is 0 Å². The van der Waals surface area contributed by atoms with E-state index in [9.17, 15) is 13.6 Å². The lowest BCUT2D eigenvalue weighted by Crippen LogP contribution is -2.15. The third-order valence-electron chi connectivity index (χ3n) is 3.75. The number of hydrogen-bond donors (Lipinski definition) is 1. The molecule has 0 aliphatic carbocycles. The molecule has 0 saturated heterocycles. The fraction of sp³-hybridized carbons (Fsp3) is 0.316. The minimum absolute atomic E-state index is 0.0688. The van der Waals surface area contributed by atoms with Crippen LogP contribution >= 0.6 is 11.8 Å². The van der Waals surface area contributed by atoms with Crippen molar-refractivity contribution in [2.75, 3.05) is 11.1 Å². The van der Waals surface area contributed by atoms with Crippen LogP contribution in [0, 0.1) is 11.6 Å². The number of amides is 1. The molecule has 0 radical (unpaired) electrons. The maximum Gasteiger partial charge on any atom is 0.225 e. The number of aryl methyl sites for hydroxylation is 2. The van der Waals surface area contributed by atoms with Gasteiger partial charge in [-0.15, -0.1) is 11.8 Å². The average Bonchev–Trinajstić information content (AvgIpc) is 2.58. The third kappa shape index (κ3) is 4.81. The van der Waals surface area contributed by atoms with E-state index in [0.717, 1.165) is 41.8 Å². The first-order valence-electron chi connectivity index (χ1n) is 8.03. The normalized spacial score (nSPS) is 10.7. The molecule has 2 nitrogen and oxygen atoms in total. The van der Waals surface area contributed by atoms with Crippen molar-refractivity contribution in [2.24, 2.45) is 0 Å².